The predicted octanol–water partition coefficient (Wildman–Crippen LogP) is -3.45. The third-order valence-electron chi connectivity index (χ3n) is 4.26. The number of carbonyl (C=O) groups excluding carboxylic acids is 3. The van der Waals surface area contributed by atoms with E-state index in [9.17, 15) is 34.2 Å². The number of carbonyl (C=O) groups is 5. The van der Waals surface area contributed by atoms with Gasteiger partial charge in [-0.25, -0.2) is 4.79 Å². The molecule has 0 saturated carbocycles. The summed E-state index contributed by atoms with van der Waals surface area (Å²) in [5.41, 5.74) is 6.59. The maximum atomic E-state index is 12.3. The summed E-state index contributed by atoms with van der Waals surface area (Å²) < 4.78 is 0. The summed E-state index contributed by atoms with van der Waals surface area (Å²) in [5, 5.41) is 42.6. The Hall–Kier alpha value is -3.55. The van der Waals surface area contributed by atoms with Gasteiger partial charge in [0, 0.05) is 0 Å². The van der Waals surface area contributed by atoms with Crippen molar-refractivity contribution in [1.29, 1.82) is 0 Å². The third kappa shape index (κ3) is 8.67. The molecule has 32 heavy (non-hydrogen) atoms. The lowest BCUT2D eigenvalue weighted by Gasteiger charge is -2.23. The zero-order valence-electron chi connectivity index (χ0n) is 16.9. The van der Waals surface area contributed by atoms with Crippen molar-refractivity contribution >= 4 is 29.7 Å². The second-order valence-electron chi connectivity index (χ2n) is 6.78. The second-order valence-corrected chi connectivity index (χ2v) is 6.78. The number of rotatable bonds is 13. The first-order chi connectivity index (χ1) is 15.1. The standard InChI is InChI=1S/C19H26N4O9/c20-11(6-10-4-2-1-3-5-10)16(28)22-13(8-24)18(30)23-14(9-25)17(29)21-12(19(31)32)7-15(26)27/h1-5,11-14,24-25H,6-9,20H2,(H,21,29)(H,22,28)(H,23,30)(H,26,27)(H,31,32). The van der Waals surface area contributed by atoms with Gasteiger partial charge in [0.25, 0.3) is 0 Å². The van der Waals surface area contributed by atoms with Crippen molar-refractivity contribution in [2.24, 2.45) is 5.73 Å². The summed E-state index contributed by atoms with van der Waals surface area (Å²) in [6.45, 7) is -1.82. The van der Waals surface area contributed by atoms with Gasteiger partial charge in [0.1, 0.15) is 18.1 Å². The van der Waals surface area contributed by atoms with Gasteiger partial charge in [-0.05, 0) is 12.0 Å². The van der Waals surface area contributed by atoms with Gasteiger partial charge in [0.15, 0.2) is 0 Å². The molecule has 1 rings (SSSR count). The van der Waals surface area contributed by atoms with Gasteiger partial charge in [-0.3, -0.25) is 19.2 Å². The Morgan fingerprint density at radius 1 is 0.781 bits per heavy atom. The number of amides is 3. The van der Waals surface area contributed by atoms with Crippen molar-refractivity contribution in [3.05, 3.63) is 35.9 Å². The van der Waals surface area contributed by atoms with Crippen LogP contribution in [-0.4, -0.2) is 87.5 Å². The SMILES string of the molecule is NC(Cc1ccccc1)C(=O)NC(CO)C(=O)NC(CO)C(=O)NC(CC(=O)O)C(=O)O. The Bertz CT molecular complexity index is 818. The first-order valence-electron chi connectivity index (χ1n) is 9.46. The van der Waals surface area contributed by atoms with Gasteiger partial charge in [0.05, 0.1) is 25.7 Å². The lowest BCUT2D eigenvalue weighted by Crippen LogP contribution is -2.59. The fraction of sp³-hybridized carbons (Fsp3) is 0.421. The normalized spacial score (nSPS) is 14.3. The lowest BCUT2D eigenvalue weighted by molar-refractivity contribution is -0.147. The van der Waals surface area contributed by atoms with Gasteiger partial charge in [0.2, 0.25) is 17.7 Å². The highest BCUT2D eigenvalue weighted by Gasteiger charge is 2.30. The number of nitrogens with one attached hydrogen (secondary N) is 3. The number of aliphatic carboxylic acids is 2. The molecular weight excluding hydrogens is 428 g/mol. The average molecular weight is 454 g/mol. The number of benzene rings is 1. The molecular formula is C19H26N4O9. The molecule has 176 valence electrons. The van der Waals surface area contributed by atoms with Crippen LogP contribution in [0.15, 0.2) is 30.3 Å². The molecule has 0 aromatic heterocycles. The molecule has 4 unspecified atom stereocenters. The molecule has 0 spiro atoms. The van der Waals surface area contributed by atoms with E-state index < -0.39 is 73.5 Å². The van der Waals surface area contributed by atoms with Crippen LogP contribution in [0.1, 0.15) is 12.0 Å². The molecule has 0 fully saturated rings. The van der Waals surface area contributed by atoms with Crippen LogP contribution < -0.4 is 21.7 Å². The minimum absolute atomic E-state index is 0.161. The van der Waals surface area contributed by atoms with Crippen LogP contribution in [0.4, 0.5) is 0 Å². The highest BCUT2D eigenvalue weighted by Crippen LogP contribution is 2.02. The van der Waals surface area contributed by atoms with E-state index in [1.165, 1.54) is 0 Å². The molecule has 0 aliphatic rings. The maximum Gasteiger partial charge on any atom is 0.326 e. The number of carboxylic acid groups (broad SMARTS) is 2. The minimum Gasteiger partial charge on any atom is -0.481 e. The number of hydrogen-bond acceptors (Lipinski definition) is 8. The highest BCUT2D eigenvalue weighted by molar-refractivity contribution is 5.94. The van der Waals surface area contributed by atoms with Crippen molar-refractivity contribution in [1.82, 2.24) is 16.0 Å². The van der Waals surface area contributed by atoms with E-state index in [4.69, 9.17) is 15.9 Å². The Morgan fingerprint density at radius 2 is 1.25 bits per heavy atom. The van der Waals surface area contributed by atoms with Gasteiger partial charge in [-0.1, -0.05) is 30.3 Å². The summed E-state index contributed by atoms with van der Waals surface area (Å²) in [6, 6.07) is 2.80. The summed E-state index contributed by atoms with van der Waals surface area (Å²) in [7, 11) is 0. The summed E-state index contributed by atoms with van der Waals surface area (Å²) in [6.07, 6.45) is -0.768. The van der Waals surface area contributed by atoms with Gasteiger partial charge in [-0.15, -0.1) is 0 Å². The van der Waals surface area contributed by atoms with Gasteiger partial charge in [-0.2, -0.15) is 0 Å². The molecule has 0 aliphatic carbocycles. The van der Waals surface area contributed by atoms with Crippen molar-refractivity contribution in [3.63, 3.8) is 0 Å². The number of aliphatic hydroxyl groups is 2. The lowest BCUT2D eigenvalue weighted by atomic mass is 10.1. The average Bonchev–Trinajstić information content (AvgIpc) is 2.74. The van der Waals surface area contributed by atoms with E-state index in [1.807, 2.05) is 5.32 Å². The Morgan fingerprint density at radius 3 is 1.69 bits per heavy atom. The van der Waals surface area contributed by atoms with Crippen LogP contribution in [0, 0.1) is 0 Å². The maximum absolute atomic E-state index is 12.3. The van der Waals surface area contributed by atoms with E-state index in [0.29, 0.717) is 0 Å². The zero-order chi connectivity index (χ0) is 24.3. The summed E-state index contributed by atoms with van der Waals surface area (Å²) in [4.78, 5) is 58.5. The number of hydrogen-bond donors (Lipinski definition) is 8. The Kier molecular flexibility index (Phi) is 10.8. The molecule has 1 aromatic rings. The number of nitrogens with two attached hydrogens (primary N) is 1. The molecule has 0 heterocycles. The molecule has 13 nitrogen and oxygen atoms in total. The van der Waals surface area contributed by atoms with Crippen molar-refractivity contribution in [3.8, 4) is 0 Å². The number of aliphatic hydroxyl groups excluding tert-OH is 2. The van der Waals surface area contributed by atoms with E-state index in [-0.39, 0.29) is 6.42 Å². The van der Waals surface area contributed by atoms with Crippen molar-refractivity contribution < 1.29 is 44.4 Å². The molecule has 0 saturated heterocycles. The van der Waals surface area contributed by atoms with Crippen LogP contribution in [0.2, 0.25) is 0 Å². The van der Waals surface area contributed by atoms with Crippen molar-refractivity contribution in [2.75, 3.05) is 13.2 Å². The molecule has 9 N–H and O–H groups in total. The number of carboxylic acids is 2. The Labute approximate surface area is 182 Å². The zero-order valence-corrected chi connectivity index (χ0v) is 16.9. The van der Waals surface area contributed by atoms with Crippen LogP contribution in [0.5, 0.6) is 0 Å². The molecule has 3 amide bonds. The molecule has 13 heteroatoms. The van der Waals surface area contributed by atoms with Crippen LogP contribution in [-0.2, 0) is 30.4 Å². The highest BCUT2D eigenvalue weighted by atomic mass is 16.4. The predicted molar refractivity (Wildman–Crippen MR) is 108 cm³/mol. The first kappa shape index (κ1) is 26.5. The van der Waals surface area contributed by atoms with Crippen molar-refractivity contribution in [2.45, 2.75) is 37.0 Å². The fourth-order valence-corrected chi connectivity index (χ4v) is 2.55. The molecule has 1 aromatic carbocycles. The molecule has 0 aliphatic heterocycles. The van der Waals surface area contributed by atoms with Gasteiger partial charge >= 0.3 is 11.9 Å². The largest absolute Gasteiger partial charge is 0.481 e. The van der Waals surface area contributed by atoms with Gasteiger partial charge < -0.3 is 42.1 Å². The Balaban J connectivity index is 2.71. The smallest absolute Gasteiger partial charge is 0.326 e. The van der Waals surface area contributed by atoms with Crippen LogP contribution >= 0.6 is 0 Å². The van der Waals surface area contributed by atoms with E-state index >= 15 is 0 Å². The van der Waals surface area contributed by atoms with E-state index in [0.717, 1.165) is 5.56 Å². The monoisotopic (exact) mass is 454 g/mol. The van der Waals surface area contributed by atoms with Crippen LogP contribution in [0.25, 0.3) is 0 Å². The minimum atomic E-state index is -1.80. The topological polar surface area (TPSA) is 228 Å². The van der Waals surface area contributed by atoms with E-state index in [2.05, 4.69) is 10.6 Å². The molecule has 0 bridgehead atoms. The first-order valence-corrected chi connectivity index (χ1v) is 9.46. The molecule has 4 atom stereocenters. The third-order valence-corrected chi connectivity index (χ3v) is 4.26. The second kappa shape index (κ2) is 13.0. The quantitative estimate of drug-likeness (QED) is 0.147. The fourth-order valence-electron chi connectivity index (χ4n) is 2.55. The summed E-state index contributed by atoms with van der Waals surface area (Å²) in [5.74, 6) is -6.08. The van der Waals surface area contributed by atoms with E-state index in [1.54, 1.807) is 30.3 Å². The van der Waals surface area contributed by atoms with Crippen LogP contribution in [0.3, 0.4) is 0 Å². The summed E-state index contributed by atoms with van der Waals surface area (Å²) >= 11 is 0. The molecule has 0 radical (unpaired) electrons.